The number of rotatable bonds is 8. The molecule has 4 nitrogen and oxygen atoms in total. The molecular formula is C16H23N3O. The molecule has 0 radical (unpaired) electrons. The number of amides is 1. The summed E-state index contributed by atoms with van der Waals surface area (Å²) in [5, 5.41) is 11.8. The minimum absolute atomic E-state index is 0.0309. The molecule has 108 valence electrons. The third-order valence-electron chi connectivity index (χ3n) is 3.16. The molecule has 1 aromatic carbocycles. The Morgan fingerprint density at radius 1 is 1.30 bits per heavy atom. The van der Waals surface area contributed by atoms with Crippen molar-refractivity contribution in [1.29, 1.82) is 5.26 Å². The maximum atomic E-state index is 11.8. The summed E-state index contributed by atoms with van der Waals surface area (Å²) in [4.78, 5) is 14.1. The van der Waals surface area contributed by atoms with Gasteiger partial charge in [-0.1, -0.05) is 25.5 Å². The second kappa shape index (κ2) is 9.11. The first-order chi connectivity index (χ1) is 9.67. The molecule has 20 heavy (non-hydrogen) atoms. The Balaban J connectivity index is 2.32. The van der Waals surface area contributed by atoms with Crippen LogP contribution >= 0.6 is 0 Å². The molecule has 0 bridgehead atoms. The smallest absolute Gasteiger partial charge is 0.224 e. The van der Waals surface area contributed by atoms with Crippen molar-refractivity contribution in [2.24, 2.45) is 0 Å². The summed E-state index contributed by atoms with van der Waals surface area (Å²) in [6.45, 7) is 4.18. The van der Waals surface area contributed by atoms with E-state index in [9.17, 15) is 4.79 Å². The van der Waals surface area contributed by atoms with Crippen LogP contribution in [0.1, 0.15) is 38.2 Å². The van der Waals surface area contributed by atoms with Crippen LogP contribution in [0.5, 0.6) is 0 Å². The number of nitrogens with one attached hydrogen (secondary N) is 1. The van der Waals surface area contributed by atoms with Crippen molar-refractivity contribution in [1.82, 2.24) is 4.90 Å². The molecule has 0 aliphatic heterocycles. The number of benzene rings is 1. The number of nitrogens with zero attached hydrogens (tertiary/aromatic N) is 2. The summed E-state index contributed by atoms with van der Waals surface area (Å²) < 4.78 is 0. The van der Waals surface area contributed by atoms with Gasteiger partial charge in [0.15, 0.2) is 0 Å². The molecule has 0 aromatic heterocycles. The maximum absolute atomic E-state index is 11.8. The summed E-state index contributed by atoms with van der Waals surface area (Å²) in [5.74, 6) is -0.0309. The number of para-hydroxylation sites is 1. The summed E-state index contributed by atoms with van der Waals surface area (Å²) >= 11 is 0. The van der Waals surface area contributed by atoms with E-state index in [0.29, 0.717) is 17.7 Å². The van der Waals surface area contributed by atoms with E-state index < -0.39 is 0 Å². The lowest BCUT2D eigenvalue weighted by atomic mass is 10.2. The third-order valence-corrected chi connectivity index (χ3v) is 3.16. The molecule has 0 unspecified atom stereocenters. The highest BCUT2D eigenvalue weighted by Gasteiger charge is 2.06. The number of carbonyl (C=O) groups is 1. The topological polar surface area (TPSA) is 56.1 Å². The monoisotopic (exact) mass is 273 g/mol. The number of anilines is 1. The highest BCUT2D eigenvalue weighted by Crippen LogP contribution is 2.13. The summed E-state index contributed by atoms with van der Waals surface area (Å²) in [6.07, 6.45) is 3.70. The molecule has 1 aromatic rings. The van der Waals surface area contributed by atoms with E-state index in [1.54, 1.807) is 18.2 Å². The molecule has 0 aliphatic rings. The van der Waals surface area contributed by atoms with Crippen molar-refractivity contribution in [2.75, 3.05) is 25.5 Å². The highest BCUT2D eigenvalue weighted by atomic mass is 16.1. The van der Waals surface area contributed by atoms with Crippen molar-refractivity contribution in [3.05, 3.63) is 29.8 Å². The Labute approximate surface area is 121 Å². The first kappa shape index (κ1) is 16.2. The Morgan fingerprint density at radius 3 is 2.70 bits per heavy atom. The minimum atomic E-state index is -0.0309. The van der Waals surface area contributed by atoms with E-state index in [2.05, 4.69) is 30.3 Å². The summed E-state index contributed by atoms with van der Waals surface area (Å²) in [7, 11) is 2.08. The molecule has 0 saturated carbocycles. The average Bonchev–Trinajstić information content (AvgIpc) is 2.45. The lowest BCUT2D eigenvalue weighted by Gasteiger charge is -2.15. The second-order valence-electron chi connectivity index (χ2n) is 4.97. The normalized spacial score (nSPS) is 10.3. The van der Waals surface area contributed by atoms with Crippen LogP contribution in [0.2, 0.25) is 0 Å². The predicted octanol–water partition coefficient (Wildman–Crippen LogP) is 3.01. The van der Waals surface area contributed by atoms with E-state index in [-0.39, 0.29) is 5.91 Å². The van der Waals surface area contributed by atoms with Gasteiger partial charge in [-0.25, -0.2) is 0 Å². The number of hydrogen-bond acceptors (Lipinski definition) is 3. The Bertz CT molecular complexity index is 465. The van der Waals surface area contributed by atoms with Crippen molar-refractivity contribution < 1.29 is 4.79 Å². The molecule has 4 heteroatoms. The largest absolute Gasteiger partial charge is 0.325 e. The van der Waals surface area contributed by atoms with Gasteiger partial charge in [0.2, 0.25) is 5.91 Å². The molecule has 0 heterocycles. The predicted molar refractivity (Wildman–Crippen MR) is 81.4 cm³/mol. The van der Waals surface area contributed by atoms with Crippen molar-refractivity contribution in [2.45, 2.75) is 32.6 Å². The van der Waals surface area contributed by atoms with Crippen LogP contribution in [-0.4, -0.2) is 30.9 Å². The van der Waals surface area contributed by atoms with Gasteiger partial charge in [-0.2, -0.15) is 5.26 Å². The van der Waals surface area contributed by atoms with Gasteiger partial charge in [0.25, 0.3) is 0 Å². The Morgan fingerprint density at radius 2 is 2.00 bits per heavy atom. The van der Waals surface area contributed by atoms with Crippen LogP contribution in [0.3, 0.4) is 0 Å². The molecule has 0 atom stereocenters. The zero-order chi connectivity index (χ0) is 14.8. The maximum Gasteiger partial charge on any atom is 0.224 e. The van der Waals surface area contributed by atoms with Crippen LogP contribution in [0.15, 0.2) is 24.3 Å². The molecule has 1 rings (SSSR count). The van der Waals surface area contributed by atoms with Crippen molar-refractivity contribution in [3.8, 4) is 6.07 Å². The van der Waals surface area contributed by atoms with Gasteiger partial charge in [-0.15, -0.1) is 0 Å². The first-order valence-corrected chi connectivity index (χ1v) is 7.15. The van der Waals surface area contributed by atoms with Gasteiger partial charge >= 0.3 is 0 Å². The average molecular weight is 273 g/mol. The van der Waals surface area contributed by atoms with E-state index >= 15 is 0 Å². The van der Waals surface area contributed by atoms with Crippen LogP contribution in [0.4, 0.5) is 5.69 Å². The van der Waals surface area contributed by atoms with Crippen molar-refractivity contribution >= 4 is 11.6 Å². The fraction of sp³-hybridized carbons (Fsp3) is 0.500. The quantitative estimate of drug-likeness (QED) is 0.792. The van der Waals surface area contributed by atoms with Crippen LogP contribution in [0, 0.1) is 11.3 Å². The molecule has 0 aliphatic carbocycles. The van der Waals surface area contributed by atoms with Crippen molar-refractivity contribution in [3.63, 3.8) is 0 Å². The van der Waals surface area contributed by atoms with Gasteiger partial charge in [-0.3, -0.25) is 4.79 Å². The lowest BCUT2D eigenvalue weighted by molar-refractivity contribution is -0.116. The lowest BCUT2D eigenvalue weighted by Crippen LogP contribution is -2.22. The van der Waals surface area contributed by atoms with E-state index in [1.165, 1.54) is 12.8 Å². The van der Waals surface area contributed by atoms with Gasteiger partial charge in [0, 0.05) is 6.42 Å². The number of nitriles is 1. The van der Waals surface area contributed by atoms with Gasteiger partial charge in [-0.05, 0) is 45.1 Å². The standard InChI is InChI=1S/C16H23N3O/c1-3-4-11-19(2)12-7-10-16(20)18-15-9-6-5-8-14(15)13-17/h5-6,8-9H,3-4,7,10-12H2,1-2H3,(H,18,20). The summed E-state index contributed by atoms with van der Waals surface area (Å²) in [5.41, 5.74) is 1.10. The van der Waals surface area contributed by atoms with Crippen LogP contribution < -0.4 is 5.32 Å². The molecule has 0 spiro atoms. The van der Waals surface area contributed by atoms with Gasteiger partial charge < -0.3 is 10.2 Å². The number of unbranched alkanes of at least 4 members (excludes halogenated alkanes) is 1. The van der Waals surface area contributed by atoms with Crippen LogP contribution in [0.25, 0.3) is 0 Å². The van der Waals surface area contributed by atoms with E-state index in [4.69, 9.17) is 5.26 Å². The molecule has 1 amide bonds. The fourth-order valence-corrected chi connectivity index (χ4v) is 1.95. The zero-order valence-corrected chi connectivity index (χ0v) is 12.4. The number of carbonyl (C=O) groups excluding carboxylic acids is 1. The molecule has 0 fully saturated rings. The summed E-state index contributed by atoms with van der Waals surface area (Å²) in [6, 6.07) is 9.13. The Hall–Kier alpha value is -1.86. The molecule has 1 N–H and O–H groups in total. The number of hydrogen-bond donors (Lipinski definition) is 1. The first-order valence-electron chi connectivity index (χ1n) is 7.15. The van der Waals surface area contributed by atoms with E-state index in [0.717, 1.165) is 19.5 Å². The minimum Gasteiger partial charge on any atom is -0.325 e. The van der Waals surface area contributed by atoms with Gasteiger partial charge in [0.1, 0.15) is 6.07 Å². The second-order valence-corrected chi connectivity index (χ2v) is 4.97. The fourth-order valence-electron chi connectivity index (χ4n) is 1.95. The molecular weight excluding hydrogens is 250 g/mol. The van der Waals surface area contributed by atoms with E-state index in [1.807, 2.05) is 6.07 Å². The molecule has 0 saturated heterocycles. The highest BCUT2D eigenvalue weighted by molar-refractivity contribution is 5.92. The SMILES string of the molecule is CCCCN(C)CCCC(=O)Nc1ccccc1C#N. The Kier molecular flexibility index (Phi) is 7.38. The van der Waals surface area contributed by atoms with Crippen LogP contribution in [-0.2, 0) is 4.79 Å². The third kappa shape index (κ3) is 5.85. The zero-order valence-electron chi connectivity index (χ0n) is 12.4. The van der Waals surface area contributed by atoms with Gasteiger partial charge in [0.05, 0.1) is 11.3 Å².